The fraction of sp³-hybridized carbons (Fsp3) is 0.421. The summed E-state index contributed by atoms with van der Waals surface area (Å²) in [4.78, 5) is 11.8. The average Bonchev–Trinajstić information content (AvgIpc) is 2.61. The summed E-state index contributed by atoms with van der Waals surface area (Å²) in [5.74, 6) is 0.146. The fourth-order valence-electron chi connectivity index (χ4n) is 2.45. The van der Waals surface area contributed by atoms with Gasteiger partial charge in [0.15, 0.2) is 0 Å². The van der Waals surface area contributed by atoms with Gasteiger partial charge in [-0.25, -0.2) is 5.09 Å². The van der Waals surface area contributed by atoms with Gasteiger partial charge in [-0.1, -0.05) is 56.7 Å². The van der Waals surface area contributed by atoms with Crippen molar-refractivity contribution in [3.8, 4) is 5.75 Å². The molecule has 136 valence electrons. The molecule has 0 heterocycles. The van der Waals surface area contributed by atoms with E-state index in [4.69, 9.17) is 9.26 Å². The number of carbonyl (C=O) groups excluding carboxylic acids is 1. The van der Waals surface area contributed by atoms with Crippen molar-refractivity contribution in [1.29, 1.82) is 0 Å². The molecule has 0 saturated carbocycles. The Hall–Kier alpha value is -1.84. The van der Waals surface area contributed by atoms with Gasteiger partial charge in [0, 0.05) is 11.5 Å². The lowest BCUT2D eigenvalue weighted by atomic mass is 10.1. The number of hydrogen-bond acceptors (Lipinski definition) is 4. The molecule has 1 N–H and O–H groups in total. The first-order chi connectivity index (χ1) is 12.1. The quantitative estimate of drug-likeness (QED) is 0.375. The van der Waals surface area contributed by atoms with Crippen molar-refractivity contribution < 1.29 is 18.6 Å². The lowest BCUT2D eigenvalue weighted by molar-refractivity contribution is -0.142. The van der Waals surface area contributed by atoms with Gasteiger partial charge in [-0.15, -0.1) is 0 Å². The number of hydrogen-bond donors (Lipinski definition) is 1. The third-order valence-corrected chi connectivity index (χ3v) is 5.91. The molecular formula is C19H26NO4P. The number of carbonyl (C=O) groups is 1. The molecule has 25 heavy (non-hydrogen) atoms. The standard InChI is InChI=1S/C19H26NO4P/c1-3-5-13-23-19(21)15-20-25(22,14-4-2)24-18-12-8-10-16-9-6-7-11-17(16)18/h6-12H,3-5,13-15H2,1-2H3,(H,20,22). The maximum Gasteiger partial charge on any atom is 0.320 e. The maximum absolute atomic E-state index is 13.1. The molecule has 2 aromatic carbocycles. The lowest BCUT2D eigenvalue weighted by Gasteiger charge is -2.20. The molecule has 2 rings (SSSR count). The highest BCUT2D eigenvalue weighted by molar-refractivity contribution is 7.57. The summed E-state index contributed by atoms with van der Waals surface area (Å²) < 4.78 is 24.1. The van der Waals surface area contributed by atoms with Crippen molar-refractivity contribution in [2.75, 3.05) is 19.3 Å². The summed E-state index contributed by atoms with van der Waals surface area (Å²) in [5.41, 5.74) is 0. The number of rotatable bonds is 10. The number of esters is 1. The third kappa shape index (κ3) is 5.87. The van der Waals surface area contributed by atoms with Gasteiger partial charge >= 0.3 is 13.5 Å². The zero-order valence-corrected chi connectivity index (χ0v) is 15.8. The summed E-state index contributed by atoms with van der Waals surface area (Å²) in [5, 5.41) is 4.71. The molecule has 0 aliphatic carbocycles. The van der Waals surface area contributed by atoms with Gasteiger partial charge in [-0.05, 0) is 24.3 Å². The zero-order valence-electron chi connectivity index (χ0n) is 14.9. The van der Waals surface area contributed by atoms with E-state index < -0.39 is 13.5 Å². The van der Waals surface area contributed by atoms with Crippen molar-refractivity contribution in [1.82, 2.24) is 5.09 Å². The van der Waals surface area contributed by atoms with E-state index >= 15 is 0 Å². The third-order valence-electron chi connectivity index (χ3n) is 3.74. The minimum atomic E-state index is -3.19. The van der Waals surface area contributed by atoms with E-state index in [2.05, 4.69) is 5.09 Å². The van der Waals surface area contributed by atoms with Crippen molar-refractivity contribution >= 4 is 24.3 Å². The second kappa shape index (κ2) is 9.59. The second-order valence-electron chi connectivity index (χ2n) is 5.87. The molecule has 0 saturated heterocycles. The highest BCUT2D eigenvalue weighted by Gasteiger charge is 2.25. The number of unbranched alkanes of at least 4 members (excludes halogenated alkanes) is 1. The highest BCUT2D eigenvalue weighted by atomic mass is 31.2. The van der Waals surface area contributed by atoms with Gasteiger partial charge in [0.1, 0.15) is 12.3 Å². The van der Waals surface area contributed by atoms with E-state index in [1.807, 2.05) is 50.2 Å². The van der Waals surface area contributed by atoms with Crippen molar-refractivity contribution in [3.05, 3.63) is 42.5 Å². The normalized spacial score (nSPS) is 13.4. The predicted octanol–water partition coefficient (Wildman–Crippen LogP) is 4.75. The Bertz CT molecular complexity index is 742. The predicted molar refractivity (Wildman–Crippen MR) is 101 cm³/mol. The average molecular weight is 363 g/mol. The van der Waals surface area contributed by atoms with Crippen LogP contribution in [0.5, 0.6) is 5.75 Å². The van der Waals surface area contributed by atoms with Gasteiger partial charge < -0.3 is 9.26 Å². The van der Waals surface area contributed by atoms with Gasteiger partial charge in [-0.3, -0.25) is 9.36 Å². The summed E-state index contributed by atoms with van der Waals surface area (Å²) >= 11 is 0. The molecule has 0 aliphatic rings. The monoisotopic (exact) mass is 363 g/mol. The van der Waals surface area contributed by atoms with Crippen molar-refractivity contribution in [2.24, 2.45) is 0 Å². The Morgan fingerprint density at radius 1 is 1.08 bits per heavy atom. The van der Waals surface area contributed by atoms with Crippen LogP contribution < -0.4 is 9.61 Å². The van der Waals surface area contributed by atoms with Gasteiger partial charge in [0.05, 0.1) is 6.61 Å². The molecule has 1 atom stereocenters. The van der Waals surface area contributed by atoms with Gasteiger partial charge in [0.2, 0.25) is 0 Å². The van der Waals surface area contributed by atoms with Crippen molar-refractivity contribution in [3.63, 3.8) is 0 Å². The highest BCUT2D eigenvalue weighted by Crippen LogP contribution is 2.45. The SMILES string of the molecule is CCCCOC(=O)CNP(=O)(CCC)Oc1cccc2ccccc12. The molecule has 5 nitrogen and oxygen atoms in total. The molecule has 1 unspecified atom stereocenters. The summed E-state index contributed by atoms with van der Waals surface area (Å²) in [6.07, 6.45) is 2.81. The van der Waals surface area contributed by atoms with Crippen LogP contribution >= 0.6 is 7.52 Å². The van der Waals surface area contributed by atoms with Crippen LogP contribution in [0.1, 0.15) is 33.1 Å². The minimum Gasteiger partial charge on any atom is -0.465 e. The number of ether oxygens (including phenoxy) is 1. The molecule has 0 fully saturated rings. The lowest BCUT2D eigenvalue weighted by Crippen LogP contribution is -2.26. The Morgan fingerprint density at radius 2 is 1.84 bits per heavy atom. The van der Waals surface area contributed by atoms with Crippen LogP contribution in [0.2, 0.25) is 0 Å². The largest absolute Gasteiger partial charge is 0.465 e. The second-order valence-corrected chi connectivity index (χ2v) is 8.17. The van der Waals surface area contributed by atoms with Crippen LogP contribution in [0.25, 0.3) is 10.8 Å². The molecule has 0 radical (unpaired) electrons. The van der Waals surface area contributed by atoms with Crippen LogP contribution in [0, 0.1) is 0 Å². The van der Waals surface area contributed by atoms with Crippen molar-refractivity contribution in [2.45, 2.75) is 33.1 Å². The molecular weight excluding hydrogens is 337 g/mol. The summed E-state index contributed by atoms with van der Waals surface area (Å²) in [6.45, 7) is 4.23. The molecule has 0 aliphatic heterocycles. The van der Waals surface area contributed by atoms with Gasteiger partial charge in [0.25, 0.3) is 0 Å². The number of nitrogens with one attached hydrogen (secondary N) is 1. The molecule has 6 heteroatoms. The topological polar surface area (TPSA) is 64.6 Å². The van der Waals surface area contributed by atoms with E-state index in [0.29, 0.717) is 24.9 Å². The maximum atomic E-state index is 13.1. The number of fused-ring (bicyclic) bond motifs is 1. The Morgan fingerprint density at radius 3 is 2.60 bits per heavy atom. The first kappa shape index (κ1) is 19.5. The molecule has 0 amide bonds. The molecule has 2 aromatic rings. The van der Waals surface area contributed by atoms with Gasteiger partial charge in [-0.2, -0.15) is 0 Å². The van der Waals surface area contributed by atoms with Crippen LogP contribution in [0.4, 0.5) is 0 Å². The Labute approximate surface area is 149 Å². The van der Waals surface area contributed by atoms with Crippen LogP contribution in [-0.4, -0.2) is 25.3 Å². The summed E-state index contributed by atoms with van der Waals surface area (Å²) in [7, 11) is -3.19. The smallest absolute Gasteiger partial charge is 0.320 e. The van der Waals surface area contributed by atoms with E-state index in [1.165, 1.54) is 0 Å². The fourth-order valence-corrected chi connectivity index (χ4v) is 4.20. The zero-order chi connectivity index (χ0) is 18.1. The number of benzene rings is 2. The molecule has 0 bridgehead atoms. The first-order valence-electron chi connectivity index (χ1n) is 8.75. The van der Waals surface area contributed by atoms with E-state index in [0.717, 1.165) is 23.6 Å². The van der Waals surface area contributed by atoms with Crippen LogP contribution in [0.15, 0.2) is 42.5 Å². The van der Waals surface area contributed by atoms with E-state index in [-0.39, 0.29) is 6.54 Å². The summed E-state index contributed by atoms with van der Waals surface area (Å²) in [6, 6.07) is 13.4. The minimum absolute atomic E-state index is 0.119. The Balaban J connectivity index is 2.08. The van der Waals surface area contributed by atoms with E-state index in [1.54, 1.807) is 6.07 Å². The van der Waals surface area contributed by atoms with Crippen LogP contribution in [0.3, 0.4) is 0 Å². The molecule has 0 spiro atoms. The van der Waals surface area contributed by atoms with E-state index in [9.17, 15) is 9.36 Å². The Kier molecular flexibility index (Phi) is 7.48. The molecule has 0 aromatic heterocycles. The van der Waals surface area contributed by atoms with Crippen LogP contribution in [-0.2, 0) is 14.1 Å². The first-order valence-corrected chi connectivity index (χ1v) is 10.6.